The van der Waals surface area contributed by atoms with Gasteiger partial charge < -0.3 is 45.3 Å². The minimum Gasteiger partial charge on any atom is -0.478 e. The Morgan fingerprint density at radius 3 is 2.42 bits per heavy atom. The van der Waals surface area contributed by atoms with Crippen molar-refractivity contribution < 1.29 is 49.1 Å². The summed E-state index contributed by atoms with van der Waals surface area (Å²) >= 11 is 12.3. The molecule has 0 saturated carbocycles. The number of furan rings is 1. The third kappa shape index (κ3) is 7.90. The molecular weight excluding hydrogens is 609 g/mol. The molecule has 0 spiro atoms. The molecule has 2 aromatic carbocycles. The van der Waals surface area contributed by atoms with Gasteiger partial charge in [-0.05, 0) is 48.9 Å². The molecule has 1 aromatic heterocycles. The summed E-state index contributed by atoms with van der Waals surface area (Å²) in [6.45, 7) is -0.0983. The van der Waals surface area contributed by atoms with Crippen molar-refractivity contribution in [3.05, 3.63) is 76.0 Å². The number of carbonyl (C=O) groups excluding carboxylic acids is 2. The molecule has 1 aliphatic heterocycles. The molecule has 43 heavy (non-hydrogen) atoms. The fourth-order valence-corrected chi connectivity index (χ4v) is 4.75. The maximum Gasteiger partial charge on any atom is 0.337 e. The third-order valence-corrected chi connectivity index (χ3v) is 7.25. The molecule has 0 radical (unpaired) electrons. The van der Waals surface area contributed by atoms with Crippen LogP contribution in [0.25, 0.3) is 11.3 Å². The van der Waals surface area contributed by atoms with Crippen LogP contribution in [0.4, 0.5) is 5.69 Å². The maximum atomic E-state index is 13.3. The summed E-state index contributed by atoms with van der Waals surface area (Å²) in [6, 6.07) is 13.1. The number of hydrogen-bond donors (Lipinski definition) is 8. The van der Waals surface area contributed by atoms with E-state index in [0.717, 1.165) is 0 Å². The first-order valence-corrected chi connectivity index (χ1v) is 13.8. The van der Waals surface area contributed by atoms with Crippen molar-refractivity contribution in [2.75, 3.05) is 11.9 Å². The first kappa shape index (κ1) is 32.4. The van der Waals surface area contributed by atoms with Crippen molar-refractivity contribution in [1.29, 1.82) is 0 Å². The number of aromatic carboxylic acids is 1. The van der Waals surface area contributed by atoms with Crippen molar-refractivity contribution in [2.24, 2.45) is 0 Å². The van der Waals surface area contributed by atoms with Crippen LogP contribution in [0.2, 0.25) is 10.0 Å². The van der Waals surface area contributed by atoms with Gasteiger partial charge in [-0.1, -0.05) is 35.3 Å². The van der Waals surface area contributed by atoms with Crippen LogP contribution in [-0.2, 0) is 20.9 Å². The van der Waals surface area contributed by atoms with Crippen molar-refractivity contribution in [2.45, 2.75) is 49.7 Å². The van der Waals surface area contributed by atoms with Crippen LogP contribution in [0.5, 0.6) is 0 Å². The zero-order valence-corrected chi connectivity index (χ0v) is 23.8. The van der Waals surface area contributed by atoms with E-state index in [0.29, 0.717) is 27.1 Å². The fourth-order valence-electron chi connectivity index (χ4n) is 4.37. The quantitative estimate of drug-likeness (QED) is 0.150. The number of carbonyl (C=O) groups is 3. The summed E-state index contributed by atoms with van der Waals surface area (Å²) in [7, 11) is 0. The Hall–Kier alpha value is -3.53. The van der Waals surface area contributed by atoms with E-state index in [2.05, 4.69) is 16.0 Å². The normalized spacial score (nSPS) is 22.5. The molecule has 1 fully saturated rings. The molecule has 6 unspecified atom stereocenters. The summed E-state index contributed by atoms with van der Waals surface area (Å²) in [5, 5.41) is 57.7. The van der Waals surface area contributed by atoms with Crippen molar-refractivity contribution >= 4 is 46.7 Å². The molecule has 4 rings (SSSR count). The lowest BCUT2D eigenvalue weighted by molar-refractivity contribution is -0.275. The second-order valence-electron chi connectivity index (χ2n) is 9.66. The van der Waals surface area contributed by atoms with Gasteiger partial charge in [0.25, 0.3) is 5.91 Å². The number of anilines is 1. The first-order valence-electron chi connectivity index (χ1n) is 13.0. The molecule has 2 heterocycles. The number of halogens is 2. The number of aliphatic hydroxyl groups excluding tert-OH is 4. The van der Waals surface area contributed by atoms with Crippen LogP contribution in [0, 0.1) is 0 Å². The van der Waals surface area contributed by atoms with Gasteiger partial charge in [-0.2, -0.15) is 0 Å². The standard InChI is InChI=1S/C28H29Cl2N3O10/c29-13-5-7-17(30)16(11-13)20-8-6-14(42-20)12-32-19(25(37)33-18-4-2-1-3-15(18)27(39)40)9-10-31-26(38)24-22(35)21(34)23(36)28(41)43-24/h1-8,11,19,21-24,28,32,34-36,41H,9-10,12H2,(H,31,38)(H,33,37)(H,39,40). The predicted octanol–water partition coefficient (Wildman–Crippen LogP) is 1.35. The Balaban J connectivity index is 1.45. The molecule has 3 aromatic rings. The van der Waals surface area contributed by atoms with E-state index < -0.39 is 54.5 Å². The molecule has 1 aliphatic rings. The molecule has 6 atom stereocenters. The van der Waals surface area contributed by atoms with E-state index in [4.69, 9.17) is 32.4 Å². The number of ether oxygens (including phenoxy) is 1. The Morgan fingerprint density at radius 2 is 1.67 bits per heavy atom. The average molecular weight is 638 g/mol. The minimum absolute atomic E-state index is 0.0307. The highest BCUT2D eigenvalue weighted by Gasteiger charge is 2.46. The number of benzene rings is 2. The highest BCUT2D eigenvalue weighted by atomic mass is 35.5. The van der Waals surface area contributed by atoms with E-state index in [9.17, 15) is 39.9 Å². The number of carboxylic acids is 1. The molecule has 15 heteroatoms. The van der Waals surface area contributed by atoms with E-state index >= 15 is 0 Å². The van der Waals surface area contributed by atoms with Crippen LogP contribution >= 0.6 is 23.2 Å². The van der Waals surface area contributed by atoms with Crippen LogP contribution in [0.3, 0.4) is 0 Å². The molecule has 1 saturated heterocycles. The van der Waals surface area contributed by atoms with Crippen molar-refractivity contribution in [3.63, 3.8) is 0 Å². The number of hydrogen-bond acceptors (Lipinski definition) is 10. The lowest BCUT2D eigenvalue weighted by Gasteiger charge is -2.37. The predicted molar refractivity (Wildman–Crippen MR) is 153 cm³/mol. The van der Waals surface area contributed by atoms with Gasteiger partial charge in [-0.3, -0.25) is 14.9 Å². The molecule has 0 bridgehead atoms. The van der Waals surface area contributed by atoms with E-state index in [1.165, 1.54) is 18.2 Å². The number of nitrogens with one attached hydrogen (secondary N) is 3. The zero-order chi connectivity index (χ0) is 31.3. The average Bonchev–Trinajstić information content (AvgIpc) is 3.45. The highest BCUT2D eigenvalue weighted by molar-refractivity contribution is 6.35. The van der Waals surface area contributed by atoms with Crippen LogP contribution in [0.15, 0.2) is 59.0 Å². The first-order chi connectivity index (χ1) is 20.5. The van der Waals surface area contributed by atoms with Gasteiger partial charge in [-0.25, -0.2) is 4.79 Å². The second-order valence-corrected chi connectivity index (χ2v) is 10.5. The van der Waals surface area contributed by atoms with Gasteiger partial charge in [0.15, 0.2) is 12.4 Å². The van der Waals surface area contributed by atoms with E-state index in [1.807, 2.05) is 0 Å². The largest absolute Gasteiger partial charge is 0.478 e. The number of para-hydroxylation sites is 1. The van der Waals surface area contributed by atoms with Crippen molar-refractivity contribution in [1.82, 2.24) is 10.6 Å². The fraction of sp³-hybridized carbons (Fsp3) is 0.321. The molecule has 13 nitrogen and oxygen atoms in total. The van der Waals surface area contributed by atoms with E-state index in [-0.39, 0.29) is 30.8 Å². The summed E-state index contributed by atoms with van der Waals surface area (Å²) < 4.78 is 10.8. The Bertz CT molecular complexity index is 1470. The molecule has 230 valence electrons. The van der Waals surface area contributed by atoms with Crippen molar-refractivity contribution in [3.8, 4) is 11.3 Å². The van der Waals surface area contributed by atoms with Crippen LogP contribution < -0.4 is 16.0 Å². The Labute approximate surface area is 255 Å². The summed E-state index contributed by atoms with van der Waals surface area (Å²) in [5.74, 6) is -1.89. The summed E-state index contributed by atoms with van der Waals surface area (Å²) in [5.41, 5.74) is 0.504. The smallest absolute Gasteiger partial charge is 0.337 e. The molecule has 2 amide bonds. The van der Waals surface area contributed by atoms with E-state index in [1.54, 1.807) is 36.4 Å². The number of carboxylic acid groups (broad SMARTS) is 1. The Morgan fingerprint density at radius 1 is 0.930 bits per heavy atom. The third-order valence-electron chi connectivity index (χ3n) is 6.69. The summed E-state index contributed by atoms with van der Waals surface area (Å²) in [6.07, 6.45) is -9.06. The molecule has 0 aliphatic carbocycles. The van der Waals surface area contributed by atoms with Gasteiger partial charge in [0, 0.05) is 17.1 Å². The number of aliphatic hydroxyl groups is 4. The lowest BCUT2D eigenvalue weighted by Crippen LogP contribution is -2.61. The second kappa shape index (κ2) is 14.3. The van der Waals surface area contributed by atoms with Gasteiger partial charge >= 0.3 is 5.97 Å². The number of amides is 2. The summed E-state index contributed by atoms with van der Waals surface area (Å²) in [4.78, 5) is 37.5. The van der Waals surface area contributed by atoms with Gasteiger partial charge in [0.2, 0.25) is 5.91 Å². The SMILES string of the molecule is O=C(O)c1ccccc1NC(=O)C(CCNC(=O)C1OC(O)C(O)C(O)C1O)NCc1ccc(-c2cc(Cl)ccc2Cl)o1. The number of rotatable bonds is 11. The van der Waals surface area contributed by atoms with Gasteiger partial charge in [0.05, 0.1) is 28.9 Å². The maximum absolute atomic E-state index is 13.3. The lowest BCUT2D eigenvalue weighted by atomic mass is 9.98. The monoisotopic (exact) mass is 637 g/mol. The topological polar surface area (TPSA) is 211 Å². The zero-order valence-electron chi connectivity index (χ0n) is 22.3. The molecule has 8 N–H and O–H groups in total. The van der Waals surface area contributed by atoms with Gasteiger partial charge in [-0.15, -0.1) is 0 Å². The molecular formula is C28H29Cl2N3O10. The Kier molecular flexibility index (Phi) is 10.8. The van der Waals surface area contributed by atoms with Crippen LogP contribution in [-0.4, -0.2) is 86.6 Å². The minimum atomic E-state index is -1.90. The van der Waals surface area contributed by atoms with Gasteiger partial charge in [0.1, 0.15) is 29.8 Å². The highest BCUT2D eigenvalue weighted by Crippen LogP contribution is 2.32. The van der Waals surface area contributed by atoms with Crippen LogP contribution in [0.1, 0.15) is 22.5 Å².